The van der Waals surface area contributed by atoms with Crippen LogP contribution in [0.25, 0.3) is 0 Å². The number of sulfone groups is 1. The zero-order valence-electron chi connectivity index (χ0n) is 16.6. The van der Waals surface area contributed by atoms with Gasteiger partial charge in [0.1, 0.15) is 0 Å². The van der Waals surface area contributed by atoms with Crippen molar-refractivity contribution in [2.75, 3.05) is 59.5 Å². The fraction of sp³-hybridized carbons (Fsp3) is 0.632. The molecule has 0 N–H and O–H groups in total. The van der Waals surface area contributed by atoms with Gasteiger partial charge in [-0.15, -0.1) is 0 Å². The van der Waals surface area contributed by atoms with Crippen LogP contribution in [0.1, 0.15) is 23.2 Å². The lowest BCUT2D eigenvalue weighted by Crippen LogP contribution is -2.41. The van der Waals surface area contributed by atoms with Crippen molar-refractivity contribution in [2.24, 2.45) is 0 Å². The third-order valence-corrected chi connectivity index (χ3v) is 6.58. The average Bonchev–Trinajstić information content (AvgIpc) is 2.99. The van der Waals surface area contributed by atoms with Gasteiger partial charge >= 0.3 is 0 Å². The van der Waals surface area contributed by atoms with Crippen LogP contribution in [0.5, 0.6) is 11.5 Å². The minimum absolute atomic E-state index is 0.0508. The maximum atomic E-state index is 12.8. The van der Waals surface area contributed by atoms with Gasteiger partial charge in [-0.3, -0.25) is 9.69 Å². The summed E-state index contributed by atoms with van der Waals surface area (Å²) in [5.74, 6) is 1.36. The number of benzene rings is 1. The van der Waals surface area contributed by atoms with E-state index >= 15 is 0 Å². The van der Waals surface area contributed by atoms with E-state index in [0.29, 0.717) is 30.0 Å². The third-order valence-electron chi connectivity index (χ3n) is 4.83. The molecule has 0 aliphatic carbocycles. The topological polar surface area (TPSA) is 76.2 Å². The standard InChI is InChI=1S/C19H30N2O5S/c1-20(2)9-5-10-21(16-8-11-27(23,24)14-16)13-17(22)15-6-7-18(25-3)19(12-15)26-4/h6-7,12,16H,5,8-11,13-14H2,1-4H3/t16-/m0/s1. The second-order valence-corrected chi connectivity index (χ2v) is 9.41. The Hall–Kier alpha value is -1.64. The fourth-order valence-electron chi connectivity index (χ4n) is 3.33. The van der Waals surface area contributed by atoms with Crippen LogP contribution >= 0.6 is 0 Å². The molecule has 1 aliphatic heterocycles. The maximum Gasteiger partial charge on any atom is 0.176 e. The lowest BCUT2D eigenvalue weighted by molar-refractivity contribution is 0.0896. The molecular weight excluding hydrogens is 368 g/mol. The molecule has 7 nitrogen and oxygen atoms in total. The molecule has 1 aromatic rings. The number of carbonyl (C=O) groups excluding carboxylic acids is 1. The smallest absolute Gasteiger partial charge is 0.176 e. The molecule has 1 aliphatic rings. The van der Waals surface area contributed by atoms with Gasteiger partial charge < -0.3 is 14.4 Å². The summed E-state index contributed by atoms with van der Waals surface area (Å²) in [6.07, 6.45) is 1.46. The Morgan fingerprint density at radius 3 is 2.41 bits per heavy atom. The summed E-state index contributed by atoms with van der Waals surface area (Å²) in [4.78, 5) is 16.9. The van der Waals surface area contributed by atoms with Crippen LogP contribution in [0.3, 0.4) is 0 Å². The van der Waals surface area contributed by atoms with E-state index in [4.69, 9.17) is 9.47 Å². The van der Waals surface area contributed by atoms with Crippen LogP contribution in [0, 0.1) is 0 Å². The number of rotatable bonds is 10. The average molecular weight is 399 g/mol. The predicted molar refractivity (Wildman–Crippen MR) is 106 cm³/mol. The summed E-state index contributed by atoms with van der Waals surface area (Å²) in [6, 6.07) is 5.00. The minimum Gasteiger partial charge on any atom is -0.493 e. The molecule has 0 bridgehead atoms. The first-order valence-corrected chi connectivity index (χ1v) is 10.9. The first-order chi connectivity index (χ1) is 12.8. The van der Waals surface area contributed by atoms with E-state index in [1.54, 1.807) is 25.3 Å². The normalized spacial score (nSPS) is 18.8. The second kappa shape index (κ2) is 9.52. The summed E-state index contributed by atoms with van der Waals surface area (Å²) in [7, 11) is 4.08. The molecule has 0 saturated carbocycles. The lowest BCUT2D eigenvalue weighted by Gasteiger charge is -2.28. The molecule has 152 valence electrons. The molecule has 27 heavy (non-hydrogen) atoms. The summed E-state index contributed by atoms with van der Waals surface area (Å²) in [5, 5.41) is 0. The van der Waals surface area contributed by atoms with Crippen molar-refractivity contribution in [3.8, 4) is 11.5 Å². The van der Waals surface area contributed by atoms with Crippen molar-refractivity contribution in [2.45, 2.75) is 18.9 Å². The van der Waals surface area contributed by atoms with Crippen LogP contribution in [-0.2, 0) is 9.84 Å². The summed E-state index contributed by atoms with van der Waals surface area (Å²) < 4.78 is 34.3. The van der Waals surface area contributed by atoms with E-state index in [1.165, 1.54) is 7.11 Å². The van der Waals surface area contributed by atoms with E-state index in [0.717, 1.165) is 13.0 Å². The van der Waals surface area contributed by atoms with Gasteiger partial charge in [0.25, 0.3) is 0 Å². The van der Waals surface area contributed by atoms with E-state index in [1.807, 2.05) is 19.0 Å². The number of ketones is 1. The summed E-state index contributed by atoms with van der Waals surface area (Å²) in [6.45, 7) is 1.78. The second-order valence-electron chi connectivity index (χ2n) is 7.18. The molecule has 2 rings (SSSR count). The largest absolute Gasteiger partial charge is 0.493 e. The highest BCUT2D eigenvalue weighted by atomic mass is 32.2. The van der Waals surface area contributed by atoms with Crippen molar-refractivity contribution in [3.05, 3.63) is 23.8 Å². The van der Waals surface area contributed by atoms with Crippen molar-refractivity contribution >= 4 is 15.6 Å². The van der Waals surface area contributed by atoms with E-state index < -0.39 is 9.84 Å². The Balaban J connectivity index is 2.12. The maximum absolute atomic E-state index is 12.8. The number of hydrogen-bond acceptors (Lipinski definition) is 7. The molecule has 1 heterocycles. The van der Waals surface area contributed by atoms with Crippen molar-refractivity contribution in [3.63, 3.8) is 0 Å². The predicted octanol–water partition coefficient (Wildman–Crippen LogP) is 1.33. The molecule has 1 fully saturated rings. The molecule has 8 heteroatoms. The Bertz CT molecular complexity index is 748. The molecule has 1 saturated heterocycles. The molecule has 0 amide bonds. The number of carbonyl (C=O) groups is 1. The van der Waals surface area contributed by atoms with Crippen LogP contribution in [0.2, 0.25) is 0 Å². The Morgan fingerprint density at radius 2 is 1.85 bits per heavy atom. The third kappa shape index (κ3) is 6.19. The molecule has 1 aromatic carbocycles. The lowest BCUT2D eigenvalue weighted by atomic mass is 10.1. The van der Waals surface area contributed by atoms with E-state index in [-0.39, 0.29) is 29.9 Å². The van der Waals surface area contributed by atoms with Gasteiger partial charge in [-0.2, -0.15) is 0 Å². The van der Waals surface area contributed by atoms with E-state index in [2.05, 4.69) is 4.90 Å². The minimum atomic E-state index is -3.00. The van der Waals surface area contributed by atoms with Crippen LogP contribution in [0.15, 0.2) is 18.2 Å². The van der Waals surface area contributed by atoms with Crippen LogP contribution in [-0.4, -0.2) is 89.5 Å². The zero-order valence-corrected chi connectivity index (χ0v) is 17.4. The summed E-state index contributed by atoms with van der Waals surface area (Å²) in [5.41, 5.74) is 0.533. The quantitative estimate of drug-likeness (QED) is 0.550. The number of methoxy groups -OCH3 is 2. The van der Waals surface area contributed by atoms with E-state index in [9.17, 15) is 13.2 Å². The monoisotopic (exact) mass is 398 g/mol. The van der Waals surface area contributed by atoms with Crippen LogP contribution in [0.4, 0.5) is 0 Å². The van der Waals surface area contributed by atoms with Crippen LogP contribution < -0.4 is 9.47 Å². The van der Waals surface area contributed by atoms with Crippen molar-refractivity contribution in [1.29, 1.82) is 0 Å². The van der Waals surface area contributed by atoms with Gasteiger partial charge in [-0.1, -0.05) is 0 Å². The van der Waals surface area contributed by atoms with Crippen molar-refractivity contribution in [1.82, 2.24) is 9.80 Å². The number of ether oxygens (including phenoxy) is 2. The highest BCUT2D eigenvalue weighted by Gasteiger charge is 2.33. The highest BCUT2D eigenvalue weighted by Crippen LogP contribution is 2.28. The molecule has 0 spiro atoms. The fourth-order valence-corrected chi connectivity index (χ4v) is 5.09. The summed E-state index contributed by atoms with van der Waals surface area (Å²) >= 11 is 0. The van der Waals surface area contributed by atoms with Gasteiger partial charge in [0.2, 0.25) is 0 Å². The van der Waals surface area contributed by atoms with Gasteiger partial charge in [-0.05, 0) is 51.7 Å². The first kappa shape index (κ1) is 21.7. The van der Waals surface area contributed by atoms with Crippen molar-refractivity contribution < 1.29 is 22.7 Å². The molecule has 0 aromatic heterocycles. The van der Waals surface area contributed by atoms with Gasteiger partial charge in [-0.25, -0.2) is 8.42 Å². The Kier molecular flexibility index (Phi) is 7.64. The highest BCUT2D eigenvalue weighted by molar-refractivity contribution is 7.91. The zero-order chi connectivity index (χ0) is 20.0. The Labute approximate surface area is 162 Å². The SMILES string of the molecule is COc1ccc(C(=O)CN(CCCN(C)C)[C@H]2CCS(=O)(=O)C2)cc1OC. The first-order valence-electron chi connectivity index (χ1n) is 9.10. The molecule has 0 unspecified atom stereocenters. The molecule has 0 radical (unpaired) electrons. The number of Topliss-reactive ketones (excluding diaryl/α,β-unsaturated/α-hetero) is 1. The van der Waals surface area contributed by atoms with Gasteiger partial charge in [0, 0.05) is 18.2 Å². The molecular formula is C19H30N2O5S. The Morgan fingerprint density at radius 1 is 1.15 bits per heavy atom. The number of hydrogen-bond donors (Lipinski definition) is 0. The number of nitrogens with zero attached hydrogens (tertiary/aromatic N) is 2. The molecule has 1 atom stereocenters. The van der Waals surface area contributed by atoms with Gasteiger partial charge in [0.15, 0.2) is 27.1 Å². The van der Waals surface area contributed by atoms with Gasteiger partial charge in [0.05, 0.1) is 32.3 Å².